The first-order chi connectivity index (χ1) is 7.13. The molecule has 1 rings (SSSR count). The zero-order valence-corrected chi connectivity index (χ0v) is 11.4. The van der Waals surface area contributed by atoms with Crippen LogP contribution < -0.4 is 4.74 Å². The molecule has 92 valence electrons. The fourth-order valence-corrected chi connectivity index (χ4v) is 1.43. The van der Waals surface area contributed by atoms with E-state index in [2.05, 4.69) is 38.1 Å². The second-order valence-corrected chi connectivity index (χ2v) is 4.20. The molecule has 16 heavy (non-hydrogen) atoms. The Labute approximate surface area is 105 Å². The Bertz CT molecular complexity index is 284. The van der Waals surface area contributed by atoms with Gasteiger partial charge in [-0.3, -0.25) is 0 Å². The van der Waals surface area contributed by atoms with E-state index < -0.39 is 0 Å². The first-order valence-corrected chi connectivity index (χ1v) is 5.43. The molecule has 0 aliphatic rings. The monoisotopic (exact) mass is 243 g/mol. The summed E-state index contributed by atoms with van der Waals surface area (Å²) in [6.45, 7) is 2.25. The molecule has 1 aromatic carbocycles. The maximum atomic E-state index is 5.12. The molecule has 2 nitrogen and oxygen atoms in total. The van der Waals surface area contributed by atoms with Gasteiger partial charge in [-0.2, -0.15) is 0 Å². The van der Waals surface area contributed by atoms with Crippen molar-refractivity contribution in [2.75, 3.05) is 21.2 Å². The molecule has 1 unspecified atom stereocenters. The number of nitrogens with zero attached hydrogens (tertiary/aromatic N) is 1. The Morgan fingerprint density at radius 1 is 1.19 bits per heavy atom. The lowest BCUT2D eigenvalue weighted by Gasteiger charge is -2.19. The minimum absolute atomic E-state index is 0. The lowest BCUT2D eigenvalue weighted by atomic mass is 10.1. The van der Waals surface area contributed by atoms with E-state index in [0.29, 0.717) is 6.04 Å². The van der Waals surface area contributed by atoms with Gasteiger partial charge in [0.1, 0.15) is 5.75 Å². The van der Waals surface area contributed by atoms with Gasteiger partial charge in [0, 0.05) is 6.04 Å². The summed E-state index contributed by atoms with van der Waals surface area (Å²) in [7, 11) is 5.94. The highest BCUT2D eigenvalue weighted by atomic mass is 35.5. The zero-order valence-electron chi connectivity index (χ0n) is 10.6. The van der Waals surface area contributed by atoms with Crippen LogP contribution in [-0.2, 0) is 6.42 Å². The number of methoxy groups -OCH3 is 1. The molecular weight excluding hydrogens is 222 g/mol. The molecule has 0 bridgehead atoms. The highest BCUT2D eigenvalue weighted by Crippen LogP contribution is 2.13. The van der Waals surface area contributed by atoms with Crippen LogP contribution in [0.5, 0.6) is 5.75 Å². The molecule has 0 amide bonds. The predicted octanol–water partition coefficient (Wildman–Crippen LogP) is 3.00. The molecule has 3 heteroatoms. The summed E-state index contributed by atoms with van der Waals surface area (Å²) in [5.74, 6) is 0.930. The Hall–Kier alpha value is -0.730. The highest BCUT2D eigenvalue weighted by Gasteiger charge is 2.04. The van der Waals surface area contributed by atoms with Crippen molar-refractivity contribution in [2.45, 2.75) is 25.8 Å². The van der Waals surface area contributed by atoms with Crippen LogP contribution in [0.3, 0.4) is 0 Å². The van der Waals surface area contributed by atoms with E-state index in [1.807, 2.05) is 12.1 Å². The summed E-state index contributed by atoms with van der Waals surface area (Å²) in [6, 6.07) is 8.96. The molecule has 0 N–H and O–H groups in total. The summed E-state index contributed by atoms with van der Waals surface area (Å²) in [5, 5.41) is 0. The maximum Gasteiger partial charge on any atom is 0.118 e. The molecule has 0 radical (unpaired) electrons. The summed E-state index contributed by atoms with van der Waals surface area (Å²) in [4.78, 5) is 2.25. The van der Waals surface area contributed by atoms with Crippen molar-refractivity contribution < 1.29 is 4.74 Å². The number of rotatable bonds is 5. The Balaban J connectivity index is 0.00000225. The second kappa shape index (κ2) is 7.53. The molecule has 0 heterocycles. The molecule has 0 aromatic heterocycles. The number of hydrogen-bond donors (Lipinski definition) is 0. The SMILES string of the molecule is COc1ccc(CCC(C)N(C)C)cc1.Cl. The molecule has 1 aromatic rings. The van der Waals surface area contributed by atoms with E-state index in [0.717, 1.165) is 12.2 Å². The minimum Gasteiger partial charge on any atom is -0.497 e. The van der Waals surface area contributed by atoms with Gasteiger partial charge in [0.2, 0.25) is 0 Å². The number of ether oxygens (including phenoxy) is 1. The Morgan fingerprint density at radius 2 is 1.75 bits per heavy atom. The molecule has 0 saturated carbocycles. The Kier molecular flexibility index (Phi) is 7.18. The number of benzene rings is 1. The van der Waals surface area contributed by atoms with Crippen molar-refractivity contribution in [1.29, 1.82) is 0 Å². The lowest BCUT2D eigenvalue weighted by molar-refractivity contribution is 0.299. The van der Waals surface area contributed by atoms with Crippen LogP contribution in [0, 0.1) is 0 Å². The van der Waals surface area contributed by atoms with Crippen LogP contribution in [0.15, 0.2) is 24.3 Å². The van der Waals surface area contributed by atoms with E-state index in [1.165, 1.54) is 12.0 Å². The van der Waals surface area contributed by atoms with Crippen LogP contribution in [0.25, 0.3) is 0 Å². The average Bonchev–Trinajstić information content (AvgIpc) is 2.26. The van der Waals surface area contributed by atoms with Gasteiger partial charge in [0.15, 0.2) is 0 Å². The largest absolute Gasteiger partial charge is 0.497 e. The van der Waals surface area contributed by atoms with Gasteiger partial charge >= 0.3 is 0 Å². The normalized spacial score (nSPS) is 12.1. The topological polar surface area (TPSA) is 12.5 Å². The van der Waals surface area contributed by atoms with E-state index in [9.17, 15) is 0 Å². The maximum absolute atomic E-state index is 5.12. The van der Waals surface area contributed by atoms with Gasteiger partial charge in [-0.25, -0.2) is 0 Å². The van der Waals surface area contributed by atoms with Crippen LogP contribution in [-0.4, -0.2) is 32.1 Å². The third-order valence-corrected chi connectivity index (χ3v) is 2.89. The number of hydrogen-bond acceptors (Lipinski definition) is 2. The van der Waals surface area contributed by atoms with Crippen LogP contribution in [0.2, 0.25) is 0 Å². The minimum atomic E-state index is 0. The second-order valence-electron chi connectivity index (χ2n) is 4.20. The Morgan fingerprint density at radius 3 is 2.19 bits per heavy atom. The quantitative estimate of drug-likeness (QED) is 0.789. The van der Waals surface area contributed by atoms with Crippen LogP contribution >= 0.6 is 12.4 Å². The smallest absolute Gasteiger partial charge is 0.118 e. The summed E-state index contributed by atoms with van der Waals surface area (Å²) < 4.78 is 5.12. The van der Waals surface area contributed by atoms with Crippen molar-refractivity contribution in [3.63, 3.8) is 0 Å². The first kappa shape index (κ1) is 15.3. The fraction of sp³-hybridized carbons (Fsp3) is 0.538. The number of halogens is 1. The predicted molar refractivity (Wildman–Crippen MR) is 71.7 cm³/mol. The zero-order chi connectivity index (χ0) is 11.3. The van der Waals surface area contributed by atoms with E-state index in [-0.39, 0.29) is 12.4 Å². The molecule has 0 aliphatic carbocycles. The van der Waals surface area contributed by atoms with Crippen molar-refractivity contribution >= 4 is 12.4 Å². The molecule has 0 fully saturated rings. The molecular formula is C13H22ClNO. The van der Waals surface area contributed by atoms with Crippen molar-refractivity contribution in [2.24, 2.45) is 0 Å². The molecule has 0 saturated heterocycles. The lowest BCUT2D eigenvalue weighted by Crippen LogP contribution is -2.24. The van der Waals surface area contributed by atoms with E-state index in [1.54, 1.807) is 7.11 Å². The molecule has 1 atom stereocenters. The molecule has 0 aliphatic heterocycles. The third kappa shape index (κ3) is 4.86. The summed E-state index contributed by atoms with van der Waals surface area (Å²) in [5.41, 5.74) is 1.38. The standard InChI is InChI=1S/C13H21NO.ClH/c1-11(14(2)3)5-6-12-7-9-13(15-4)10-8-12;/h7-11H,5-6H2,1-4H3;1H. The highest BCUT2D eigenvalue weighted by molar-refractivity contribution is 5.85. The van der Waals surface area contributed by atoms with Crippen LogP contribution in [0.1, 0.15) is 18.9 Å². The van der Waals surface area contributed by atoms with Gasteiger partial charge in [0.05, 0.1) is 7.11 Å². The van der Waals surface area contributed by atoms with Gasteiger partial charge in [-0.05, 0) is 51.6 Å². The van der Waals surface area contributed by atoms with Crippen molar-refractivity contribution in [3.05, 3.63) is 29.8 Å². The van der Waals surface area contributed by atoms with Gasteiger partial charge in [0.25, 0.3) is 0 Å². The first-order valence-electron chi connectivity index (χ1n) is 5.43. The fourth-order valence-electron chi connectivity index (χ4n) is 1.43. The van der Waals surface area contributed by atoms with Crippen LogP contribution in [0.4, 0.5) is 0 Å². The van der Waals surface area contributed by atoms with Gasteiger partial charge < -0.3 is 9.64 Å². The summed E-state index contributed by atoms with van der Waals surface area (Å²) in [6.07, 6.45) is 2.32. The summed E-state index contributed by atoms with van der Waals surface area (Å²) >= 11 is 0. The van der Waals surface area contributed by atoms with Gasteiger partial charge in [-0.15, -0.1) is 12.4 Å². The van der Waals surface area contributed by atoms with E-state index in [4.69, 9.17) is 4.74 Å². The third-order valence-electron chi connectivity index (χ3n) is 2.89. The molecule has 0 spiro atoms. The average molecular weight is 244 g/mol. The van der Waals surface area contributed by atoms with Gasteiger partial charge in [-0.1, -0.05) is 12.1 Å². The van der Waals surface area contributed by atoms with E-state index >= 15 is 0 Å². The van der Waals surface area contributed by atoms with Crippen molar-refractivity contribution in [1.82, 2.24) is 4.90 Å². The number of aryl methyl sites for hydroxylation is 1. The van der Waals surface area contributed by atoms with Crippen molar-refractivity contribution in [3.8, 4) is 5.75 Å².